The lowest BCUT2D eigenvalue weighted by atomic mass is 9.99. The van der Waals surface area contributed by atoms with E-state index in [9.17, 15) is 9.59 Å². The van der Waals surface area contributed by atoms with Crippen molar-refractivity contribution in [1.29, 1.82) is 0 Å². The molecule has 25 heavy (non-hydrogen) atoms. The van der Waals surface area contributed by atoms with Crippen molar-refractivity contribution >= 4 is 23.2 Å². The number of aryl methyl sites for hydroxylation is 1. The Morgan fingerprint density at radius 3 is 2.92 bits per heavy atom. The second kappa shape index (κ2) is 9.18. The summed E-state index contributed by atoms with van der Waals surface area (Å²) in [6.45, 7) is 0.701. The molecule has 1 saturated carbocycles. The third-order valence-corrected chi connectivity index (χ3v) is 6.00. The molecule has 0 saturated heterocycles. The van der Waals surface area contributed by atoms with E-state index in [4.69, 9.17) is 0 Å². The number of carbonyl (C=O) groups excluding carboxylic acids is 2. The molecule has 2 amide bonds. The molecular weight excluding hydrogens is 332 g/mol. The first-order valence-corrected chi connectivity index (χ1v) is 10.4. The Labute approximate surface area is 154 Å². The highest BCUT2D eigenvalue weighted by atomic mass is 32.1. The number of nitrogens with one attached hydrogen (secondary N) is 2. The largest absolute Gasteiger partial charge is 0.353 e. The average Bonchev–Trinajstić information content (AvgIpc) is 3.31. The molecule has 0 spiro atoms. The second-order valence-electron chi connectivity index (χ2n) is 7.23. The molecule has 2 aliphatic rings. The summed E-state index contributed by atoms with van der Waals surface area (Å²) in [7, 11) is 0. The fourth-order valence-corrected chi connectivity index (χ4v) is 4.46. The van der Waals surface area contributed by atoms with E-state index in [0.29, 0.717) is 13.0 Å². The SMILES string of the molecule is O=C(CCc1ccsc1)N[C@@H]1CC[C@H](C(=O)NCC2=CCCCC2)C1. The van der Waals surface area contributed by atoms with Gasteiger partial charge in [0.2, 0.25) is 11.8 Å². The zero-order chi connectivity index (χ0) is 17.5. The summed E-state index contributed by atoms with van der Waals surface area (Å²) in [4.78, 5) is 24.4. The van der Waals surface area contributed by atoms with Gasteiger partial charge in [-0.2, -0.15) is 11.3 Å². The summed E-state index contributed by atoms with van der Waals surface area (Å²) in [5, 5.41) is 10.3. The van der Waals surface area contributed by atoms with Crippen LogP contribution in [0.5, 0.6) is 0 Å². The average molecular weight is 361 g/mol. The summed E-state index contributed by atoms with van der Waals surface area (Å²) in [6, 6.07) is 2.22. The van der Waals surface area contributed by atoms with E-state index in [1.807, 2.05) is 5.38 Å². The molecule has 1 aromatic rings. The molecule has 0 aliphatic heterocycles. The highest BCUT2D eigenvalue weighted by Crippen LogP contribution is 2.26. The van der Waals surface area contributed by atoms with Gasteiger partial charge in [0.05, 0.1) is 0 Å². The van der Waals surface area contributed by atoms with Crippen LogP contribution >= 0.6 is 11.3 Å². The Balaban J connectivity index is 1.35. The van der Waals surface area contributed by atoms with Crippen molar-refractivity contribution in [2.75, 3.05) is 6.54 Å². The van der Waals surface area contributed by atoms with Crippen LogP contribution in [0.25, 0.3) is 0 Å². The summed E-state index contributed by atoms with van der Waals surface area (Å²) in [6.07, 6.45) is 10.9. The molecule has 1 heterocycles. The number of allylic oxidation sites excluding steroid dienone is 1. The van der Waals surface area contributed by atoms with Crippen molar-refractivity contribution in [1.82, 2.24) is 10.6 Å². The van der Waals surface area contributed by atoms with Crippen LogP contribution < -0.4 is 10.6 Å². The van der Waals surface area contributed by atoms with Gasteiger partial charge in [-0.05, 0) is 73.8 Å². The first kappa shape index (κ1) is 18.2. The van der Waals surface area contributed by atoms with Crippen LogP contribution in [0.2, 0.25) is 0 Å². The summed E-state index contributed by atoms with van der Waals surface area (Å²) >= 11 is 1.66. The third-order valence-electron chi connectivity index (χ3n) is 5.26. The molecule has 0 radical (unpaired) electrons. The van der Waals surface area contributed by atoms with Crippen LogP contribution in [0, 0.1) is 5.92 Å². The standard InChI is InChI=1S/C20H28N2O2S/c23-19(9-6-16-10-11-25-14-16)22-18-8-7-17(12-18)20(24)21-13-15-4-2-1-3-5-15/h4,10-11,14,17-18H,1-3,5-9,12-13H2,(H,21,24)(H,22,23)/t17-,18+/m0/s1. The molecule has 2 N–H and O–H groups in total. The molecule has 3 rings (SSSR count). The van der Waals surface area contributed by atoms with Crippen LogP contribution in [-0.2, 0) is 16.0 Å². The maximum absolute atomic E-state index is 12.4. The topological polar surface area (TPSA) is 58.2 Å². The van der Waals surface area contributed by atoms with Gasteiger partial charge in [-0.1, -0.05) is 11.6 Å². The molecule has 1 fully saturated rings. The van der Waals surface area contributed by atoms with Crippen LogP contribution in [0.4, 0.5) is 0 Å². The van der Waals surface area contributed by atoms with Crippen LogP contribution in [-0.4, -0.2) is 24.4 Å². The van der Waals surface area contributed by atoms with Crippen molar-refractivity contribution in [3.05, 3.63) is 34.0 Å². The summed E-state index contributed by atoms with van der Waals surface area (Å²) in [5.41, 5.74) is 2.59. The molecule has 136 valence electrons. The van der Waals surface area contributed by atoms with E-state index in [2.05, 4.69) is 28.2 Å². The predicted octanol–water partition coefficient (Wildman–Crippen LogP) is 3.58. The minimum absolute atomic E-state index is 0.0476. The van der Waals surface area contributed by atoms with Gasteiger partial charge >= 0.3 is 0 Å². The fourth-order valence-electron chi connectivity index (χ4n) is 3.75. The molecule has 0 bridgehead atoms. The number of carbonyl (C=O) groups is 2. The van der Waals surface area contributed by atoms with E-state index in [1.54, 1.807) is 11.3 Å². The molecular formula is C20H28N2O2S. The Morgan fingerprint density at radius 2 is 2.16 bits per heavy atom. The molecule has 0 unspecified atom stereocenters. The van der Waals surface area contributed by atoms with E-state index >= 15 is 0 Å². The van der Waals surface area contributed by atoms with Gasteiger partial charge in [-0.25, -0.2) is 0 Å². The Hall–Kier alpha value is -1.62. The molecule has 2 aliphatic carbocycles. The fraction of sp³-hybridized carbons (Fsp3) is 0.600. The van der Waals surface area contributed by atoms with E-state index in [1.165, 1.54) is 24.0 Å². The first-order chi connectivity index (χ1) is 12.2. The molecule has 5 heteroatoms. The van der Waals surface area contributed by atoms with Gasteiger partial charge in [0.1, 0.15) is 0 Å². The van der Waals surface area contributed by atoms with E-state index in [0.717, 1.165) is 38.5 Å². The van der Waals surface area contributed by atoms with Gasteiger partial charge < -0.3 is 10.6 Å². The number of amides is 2. The predicted molar refractivity (Wildman–Crippen MR) is 101 cm³/mol. The van der Waals surface area contributed by atoms with Crippen molar-refractivity contribution in [2.45, 2.75) is 63.8 Å². The molecule has 2 atom stereocenters. The minimum Gasteiger partial charge on any atom is -0.353 e. The molecule has 0 aromatic carbocycles. The van der Waals surface area contributed by atoms with E-state index in [-0.39, 0.29) is 23.8 Å². The van der Waals surface area contributed by atoms with Crippen molar-refractivity contribution < 1.29 is 9.59 Å². The minimum atomic E-state index is 0.0476. The maximum atomic E-state index is 12.4. The van der Waals surface area contributed by atoms with Crippen molar-refractivity contribution in [3.8, 4) is 0 Å². The maximum Gasteiger partial charge on any atom is 0.223 e. The van der Waals surface area contributed by atoms with Crippen molar-refractivity contribution in [3.63, 3.8) is 0 Å². The normalized spacial score (nSPS) is 23.1. The van der Waals surface area contributed by atoms with Crippen molar-refractivity contribution in [2.24, 2.45) is 5.92 Å². The smallest absolute Gasteiger partial charge is 0.223 e. The lowest BCUT2D eigenvalue weighted by Crippen LogP contribution is -2.35. The molecule has 1 aromatic heterocycles. The Kier molecular flexibility index (Phi) is 6.68. The van der Waals surface area contributed by atoms with E-state index < -0.39 is 0 Å². The van der Waals surface area contributed by atoms with Gasteiger partial charge in [0.15, 0.2) is 0 Å². The van der Waals surface area contributed by atoms with Gasteiger partial charge in [-0.3, -0.25) is 9.59 Å². The first-order valence-electron chi connectivity index (χ1n) is 9.47. The Bertz CT molecular complexity index is 609. The highest BCUT2D eigenvalue weighted by Gasteiger charge is 2.30. The second-order valence-corrected chi connectivity index (χ2v) is 8.01. The number of hydrogen-bond donors (Lipinski definition) is 2. The van der Waals surface area contributed by atoms with Gasteiger partial charge in [-0.15, -0.1) is 0 Å². The number of hydrogen-bond acceptors (Lipinski definition) is 3. The van der Waals surface area contributed by atoms with Crippen LogP contribution in [0.15, 0.2) is 28.5 Å². The van der Waals surface area contributed by atoms with Crippen LogP contribution in [0.1, 0.15) is 56.9 Å². The summed E-state index contributed by atoms with van der Waals surface area (Å²) in [5.74, 6) is 0.303. The quantitative estimate of drug-likeness (QED) is 0.730. The lowest BCUT2D eigenvalue weighted by Gasteiger charge is -2.16. The Morgan fingerprint density at radius 1 is 1.24 bits per heavy atom. The van der Waals surface area contributed by atoms with Crippen LogP contribution in [0.3, 0.4) is 0 Å². The van der Waals surface area contributed by atoms with Gasteiger partial charge in [0, 0.05) is 24.9 Å². The lowest BCUT2D eigenvalue weighted by molar-refractivity contribution is -0.125. The third kappa shape index (κ3) is 5.70. The molecule has 4 nitrogen and oxygen atoms in total. The highest BCUT2D eigenvalue weighted by molar-refractivity contribution is 7.07. The number of rotatable bonds is 7. The number of thiophene rings is 1. The summed E-state index contributed by atoms with van der Waals surface area (Å²) < 4.78 is 0. The van der Waals surface area contributed by atoms with Gasteiger partial charge in [0.25, 0.3) is 0 Å². The zero-order valence-corrected chi connectivity index (χ0v) is 15.6. The monoisotopic (exact) mass is 360 g/mol. The zero-order valence-electron chi connectivity index (χ0n) is 14.8.